The molecule has 0 radical (unpaired) electrons. The molecule has 0 aromatic rings. The van der Waals surface area contributed by atoms with E-state index in [1.807, 2.05) is 0 Å². The van der Waals surface area contributed by atoms with E-state index in [0.717, 1.165) is 114 Å². The largest absolute Gasteiger partial charge is 0.472 e. The predicted molar refractivity (Wildman–Crippen MR) is 423 cm³/mol. The molecule has 0 amide bonds. The lowest BCUT2D eigenvalue weighted by Gasteiger charge is -2.21. The quantitative estimate of drug-likeness (QED) is 0.0222. The Bertz CT molecular complexity index is 2010. The summed E-state index contributed by atoms with van der Waals surface area (Å²) in [5.41, 5.74) is 0. The van der Waals surface area contributed by atoms with E-state index < -0.39 is 97.5 Å². The molecule has 0 aromatic carbocycles. The number of aliphatic hydroxyl groups is 1. The fourth-order valence-electron chi connectivity index (χ4n) is 12.9. The van der Waals surface area contributed by atoms with Crippen LogP contribution in [0.25, 0.3) is 0 Å². The van der Waals surface area contributed by atoms with E-state index in [0.29, 0.717) is 25.7 Å². The van der Waals surface area contributed by atoms with Gasteiger partial charge in [0.05, 0.1) is 26.4 Å². The third-order valence-electron chi connectivity index (χ3n) is 19.9. The van der Waals surface area contributed by atoms with Crippen LogP contribution in [0.15, 0.2) is 0 Å². The third kappa shape index (κ3) is 76.6. The van der Waals surface area contributed by atoms with E-state index in [9.17, 15) is 43.2 Å². The minimum Gasteiger partial charge on any atom is -0.462 e. The van der Waals surface area contributed by atoms with E-state index in [2.05, 4.69) is 55.4 Å². The zero-order valence-electron chi connectivity index (χ0n) is 68.0. The lowest BCUT2D eigenvalue weighted by molar-refractivity contribution is -0.161. The van der Waals surface area contributed by atoms with Gasteiger partial charge < -0.3 is 33.8 Å². The normalized spacial score (nSPS) is 14.2. The summed E-state index contributed by atoms with van der Waals surface area (Å²) in [6, 6.07) is 0. The Balaban J connectivity index is 5.25. The highest BCUT2D eigenvalue weighted by Gasteiger charge is 2.30. The Labute approximate surface area is 632 Å². The Hall–Kier alpha value is -1.94. The van der Waals surface area contributed by atoms with E-state index in [1.165, 1.54) is 238 Å². The van der Waals surface area contributed by atoms with Gasteiger partial charge in [-0.25, -0.2) is 9.13 Å². The van der Waals surface area contributed by atoms with Crippen molar-refractivity contribution >= 4 is 39.5 Å². The zero-order chi connectivity index (χ0) is 76.0. The molecule has 612 valence electrons. The van der Waals surface area contributed by atoms with Crippen molar-refractivity contribution in [3.05, 3.63) is 0 Å². The summed E-state index contributed by atoms with van der Waals surface area (Å²) in [7, 11) is -9.93. The molecule has 0 fully saturated rings. The number of carbonyl (C=O) groups excluding carboxylic acids is 4. The van der Waals surface area contributed by atoms with Gasteiger partial charge in [0.2, 0.25) is 0 Å². The van der Waals surface area contributed by atoms with E-state index in [4.69, 9.17) is 37.0 Å². The molecule has 103 heavy (non-hydrogen) atoms. The van der Waals surface area contributed by atoms with Crippen LogP contribution in [0.1, 0.15) is 434 Å². The molecule has 19 heteroatoms. The number of rotatable bonds is 81. The van der Waals surface area contributed by atoms with Gasteiger partial charge in [0.25, 0.3) is 0 Å². The zero-order valence-corrected chi connectivity index (χ0v) is 69.7. The second-order valence-corrected chi connectivity index (χ2v) is 34.8. The van der Waals surface area contributed by atoms with E-state index in [1.54, 1.807) is 0 Å². The molecule has 0 saturated heterocycles. The summed E-state index contributed by atoms with van der Waals surface area (Å²) in [6.45, 7) is 14.3. The van der Waals surface area contributed by atoms with Gasteiger partial charge in [-0.05, 0) is 49.4 Å². The molecule has 0 spiro atoms. The Morgan fingerprint density at radius 2 is 0.466 bits per heavy atom. The molecule has 0 aliphatic rings. The SMILES string of the molecule is CCC(C)CCCCCCCCCCC(=O)OC[C@H](COP(=O)(O)OC[C@H](O)COP(=O)(O)OC[C@@H](COC(=O)CCCCCCCCCCCCCCCCCCC(C)C)OC(=O)CCCCCCCCCCCCCCCCCCC(C)C)OC(=O)CCCCCCCCCCCCC(C)C. The van der Waals surface area contributed by atoms with Crippen molar-refractivity contribution in [2.45, 2.75) is 453 Å². The second kappa shape index (κ2) is 72.9. The van der Waals surface area contributed by atoms with Crippen LogP contribution in [0.2, 0.25) is 0 Å². The fourth-order valence-corrected chi connectivity index (χ4v) is 14.5. The van der Waals surface area contributed by atoms with Gasteiger partial charge in [-0.3, -0.25) is 37.3 Å². The van der Waals surface area contributed by atoms with Crippen molar-refractivity contribution in [1.82, 2.24) is 0 Å². The maximum Gasteiger partial charge on any atom is 0.472 e. The van der Waals surface area contributed by atoms with Crippen molar-refractivity contribution in [1.29, 1.82) is 0 Å². The third-order valence-corrected chi connectivity index (χ3v) is 21.8. The summed E-state index contributed by atoms with van der Waals surface area (Å²) in [5.74, 6) is 1.04. The molecule has 0 aliphatic carbocycles. The predicted octanol–water partition coefficient (Wildman–Crippen LogP) is 25.2. The van der Waals surface area contributed by atoms with Crippen LogP contribution in [0.3, 0.4) is 0 Å². The van der Waals surface area contributed by atoms with Crippen LogP contribution in [-0.4, -0.2) is 96.7 Å². The maximum absolute atomic E-state index is 13.1. The van der Waals surface area contributed by atoms with Crippen molar-refractivity contribution in [3.8, 4) is 0 Å². The van der Waals surface area contributed by atoms with Crippen LogP contribution < -0.4 is 0 Å². The number of hydrogen-bond acceptors (Lipinski definition) is 15. The number of aliphatic hydroxyl groups excluding tert-OH is 1. The van der Waals surface area contributed by atoms with Gasteiger partial charge in [0.1, 0.15) is 19.3 Å². The summed E-state index contributed by atoms with van der Waals surface area (Å²) in [6.07, 6.45) is 61.0. The number of ether oxygens (including phenoxy) is 4. The highest BCUT2D eigenvalue weighted by molar-refractivity contribution is 7.47. The van der Waals surface area contributed by atoms with Crippen molar-refractivity contribution in [2.24, 2.45) is 23.7 Å². The van der Waals surface area contributed by atoms with Gasteiger partial charge in [0, 0.05) is 25.7 Å². The standard InChI is InChI=1S/C84H164O17P2/c1-9-77(8)63-55-47-39-34-35-41-49-57-65-82(87)95-71-80(101-84(89)67-59-51-43-33-27-26-30-38-46-54-62-76(6)7)73-99-103(92,93)97-69-78(85)68-96-102(90,91)98-72-79(100-83(88)66-58-50-42-32-25-21-17-13-11-15-19-23-29-37-45-53-61-75(4)5)70-94-81(86)64-56-48-40-31-24-20-16-12-10-14-18-22-28-36-44-52-60-74(2)3/h74-80,85H,9-73H2,1-8H3,(H,90,91)(H,92,93)/t77?,78-,79-,80-/m1/s1. The Kier molecular flexibility index (Phi) is 71.5. The van der Waals surface area contributed by atoms with Crippen molar-refractivity contribution in [3.63, 3.8) is 0 Å². The highest BCUT2D eigenvalue weighted by atomic mass is 31.2. The molecule has 3 N–H and O–H groups in total. The summed E-state index contributed by atoms with van der Waals surface area (Å²) < 4.78 is 68.8. The van der Waals surface area contributed by atoms with Crippen LogP contribution in [0.5, 0.6) is 0 Å². The number of hydrogen-bond donors (Lipinski definition) is 3. The molecule has 0 saturated carbocycles. The Morgan fingerprint density at radius 1 is 0.272 bits per heavy atom. The molecule has 0 aliphatic heterocycles. The molecular weight excluding hydrogens is 1340 g/mol. The van der Waals surface area contributed by atoms with Crippen LogP contribution in [0, 0.1) is 23.7 Å². The first-order chi connectivity index (χ1) is 49.6. The average molecular weight is 1510 g/mol. The number of phosphoric ester groups is 2. The smallest absolute Gasteiger partial charge is 0.462 e. The number of unbranched alkanes of at least 4 members (excludes halogenated alkanes) is 46. The molecule has 0 aromatic heterocycles. The topological polar surface area (TPSA) is 237 Å². The minimum absolute atomic E-state index is 0.105. The molecule has 0 bridgehead atoms. The van der Waals surface area contributed by atoms with Crippen LogP contribution in [-0.2, 0) is 65.4 Å². The molecule has 6 atom stereocenters. The Morgan fingerprint density at radius 3 is 0.689 bits per heavy atom. The highest BCUT2D eigenvalue weighted by Crippen LogP contribution is 2.45. The second-order valence-electron chi connectivity index (χ2n) is 31.9. The summed E-state index contributed by atoms with van der Waals surface area (Å²) in [5, 5.41) is 10.7. The molecule has 0 rings (SSSR count). The monoisotopic (exact) mass is 1510 g/mol. The first-order valence-electron chi connectivity index (χ1n) is 43.2. The summed E-state index contributed by atoms with van der Waals surface area (Å²) in [4.78, 5) is 73.2. The van der Waals surface area contributed by atoms with Gasteiger partial charge in [0.15, 0.2) is 12.2 Å². The first-order valence-corrected chi connectivity index (χ1v) is 46.2. The lowest BCUT2D eigenvalue weighted by atomic mass is 9.99. The number of phosphoric acid groups is 2. The van der Waals surface area contributed by atoms with Crippen molar-refractivity contribution < 1.29 is 80.2 Å². The minimum atomic E-state index is -4.97. The molecular formula is C84H164O17P2. The van der Waals surface area contributed by atoms with Gasteiger partial charge in [-0.2, -0.15) is 0 Å². The van der Waals surface area contributed by atoms with Crippen LogP contribution >= 0.6 is 15.6 Å². The maximum atomic E-state index is 13.1. The lowest BCUT2D eigenvalue weighted by Crippen LogP contribution is -2.30. The first kappa shape index (κ1) is 101. The molecule has 0 heterocycles. The molecule has 3 unspecified atom stereocenters. The van der Waals surface area contributed by atoms with E-state index >= 15 is 0 Å². The van der Waals surface area contributed by atoms with Crippen molar-refractivity contribution in [2.75, 3.05) is 39.6 Å². The van der Waals surface area contributed by atoms with Gasteiger partial charge in [-0.15, -0.1) is 0 Å². The average Bonchev–Trinajstić information content (AvgIpc) is 0.916. The van der Waals surface area contributed by atoms with Gasteiger partial charge >= 0.3 is 39.5 Å². The fraction of sp³-hybridized carbons (Fsp3) is 0.952. The van der Waals surface area contributed by atoms with Gasteiger partial charge in [-0.1, -0.05) is 383 Å². The molecule has 17 nitrogen and oxygen atoms in total. The number of carbonyl (C=O) groups is 4. The number of esters is 4. The van der Waals surface area contributed by atoms with E-state index in [-0.39, 0.29) is 25.7 Å². The van der Waals surface area contributed by atoms with Crippen LogP contribution in [0.4, 0.5) is 0 Å². The summed E-state index contributed by atoms with van der Waals surface area (Å²) >= 11 is 0.